The molecule has 1 aliphatic carbocycles. The molecule has 0 saturated heterocycles. The quantitative estimate of drug-likeness (QED) is 0.694. The minimum absolute atomic E-state index is 0.0275. The third-order valence-corrected chi connectivity index (χ3v) is 3.48. The van der Waals surface area contributed by atoms with Gasteiger partial charge in [-0.05, 0) is 46.3 Å². The number of amides is 1. The molecule has 0 spiro atoms. The molecule has 0 aromatic rings. The second-order valence-electron chi connectivity index (χ2n) is 5.35. The summed E-state index contributed by atoms with van der Waals surface area (Å²) >= 11 is 0. The van der Waals surface area contributed by atoms with Gasteiger partial charge in [-0.1, -0.05) is 6.42 Å². The van der Waals surface area contributed by atoms with Crippen molar-refractivity contribution in [1.29, 1.82) is 0 Å². The van der Waals surface area contributed by atoms with Crippen molar-refractivity contribution in [2.75, 3.05) is 27.2 Å². The van der Waals surface area contributed by atoms with Crippen LogP contribution in [0.1, 0.15) is 32.1 Å². The van der Waals surface area contributed by atoms with Crippen LogP contribution in [0, 0.1) is 11.8 Å². The van der Waals surface area contributed by atoms with Crippen LogP contribution in [0.25, 0.3) is 0 Å². The summed E-state index contributed by atoms with van der Waals surface area (Å²) in [6.07, 6.45) is 3.79. The lowest BCUT2D eigenvalue weighted by Crippen LogP contribution is -2.36. The molecule has 1 amide bonds. The van der Waals surface area contributed by atoms with Crippen molar-refractivity contribution >= 4 is 11.9 Å². The van der Waals surface area contributed by atoms with Crippen molar-refractivity contribution in [3.63, 3.8) is 0 Å². The molecule has 0 aromatic carbocycles. The predicted molar refractivity (Wildman–Crippen MR) is 69.3 cm³/mol. The van der Waals surface area contributed by atoms with E-state index in [2.05, 4.69) is 10.2 Å². The van der Waals surface area contributed by atoms with Gasteiger partial charge in [0.2, 0.25) is 5.91 Å². The molecule has 2 atom stereocenters. The molecular formula is C13H24N2O3. The molecule has 0 aliphatic heterocycles. The normalized spacial score (nSPS) is 23.9. The Morgan fingerprint density at radius 1 is 1.28 bits per heavy atom. The Morgan fingerprint density at radius 2 is 1.94 bits per heavy atom. The van der Waals surface area contributed by atoms with E-state index in [0.717, 1.165) is 25.8 Å². The lowest BCUT2D eigenvalue weighted by molar-refractivity contribution is -0.144. The fourth-order valence-corrected chi connectivity index (χ4v) is 2.40. The summed E-state index contributed by atoms with van der Waals surface area (Å²) in [5, 5.41) is 11.9. The Balaban J connectivity index is 2.26. The van der Waals surface area contributed by atoms with Gasteiger partial charge in [0.25, 0.3) is 0 Å². The van der Waals surface area contributed by atoms with E-state index >= 15 is 0 Å². The largest absolute Gasteiger partial charge is 0.481 e. The highest BCUT2D eigenvalue weighted by atomic mass is 16.4. The number of carbonyl (C=O) groups is 2. The number of hydrogen-bond acceptors (Lipinski definition) is 3. The van der Waals surface area contributed by atoms with Crippen molar-refractivity contribution in [2.24, 2.45) is 11.8 Å². The van der Waals surface area contributed by atoms with E-state index < -0.39 is 5.97 Å². The number of carboxylic acid groups (broad SMARTS) is 1. The van der Waals surface area contributed by atoms with Gasteiger partial charge in [0, 0.05) is 12.5 Å². The Morgan fingerprint density at radius 3 is 2.56 bits per heavy atom. The van der Waals surface area contributed by atoms with Crippen LogP contribution in [-0.2, 0) is 9.59 Å². The maximum atomic E-state index is 11.9. The van der Waals surface area contributed by atoms with Crippen LogP contribution in [0.2, 0.25) is 0 Å². The number of aliphatic carboxylic acids is 1. The Bertz CT molecular complexity index is 292. The highest BCUT2D eigenvalue weighted by molar-refractivity contribution is 5.80. The first-order chi connectivity index (χ1) is 8.50. The maximum absolute atomic E-state index is 11.9. The molecule has 2 N–H and O–H groups in total. The van der Waals surface area contributed by atoms with Gasteiger partial charge in [-0.2, -0.15) is 0 Å². The first-order valence-electron chi connectivity index (χ1n) is 6.66. The number of rotatable bonds is 6. The third kappa shape index (κ3) is 5.04. The number of nitrogens with one attached hydrogen (secondary N) is 1. The monoisotopic (exact) mass is 256 g/mol. The zero-order valence-electron chi connectivity index (χ0n) is 11.3. The number of carboxylic acids is 1. The second kappa shape index (κ2) is 7.36. The summed E-state index contributed by atoms with van der Waals surface area (Å²) in [4.78, 5) is 24.9. The van der Waals surface area contributed by atoms with Crippen molar-refractivity contribution in [3.8, 4) is 0 Å². The van der Waals surface area contributed by atoms with Gasteiger partial charge >= 0.3 is 5.97 Å². The van der Waals surface area contributed by atoms with Gasteiger partial charge in [0.1, 0.15) is 0 Å². The van der Waals surface area contributed by atoms with E-state index in [4.69, 9.17) is 5.11 Å². The molecule has 5 nitrogen and oxygen atoms in total. The Hall–Kier alpha value is -1.10. The first-order valence-corrected chi connectivity index (χ1v) is 6.66. The molecule has 1 saturated carbocycles. The maximum Gasteiger partial charge on any atom is 0.306 e. The van der Waals surface area contributed by atoms with E-state index in [1.807, 2.05) is 14.1 Å². The van der Waals surface area contributed by atoms with Crippen LogP contribution in [0.15, 0.2) is 0 Å². The van der Waals surface area contributed by atoms with Crippen LogP contribution in [0.3, 0.4) is 0 Å². The minimum atomic E-state index is -0.764. The van der Waals surface area contributed by atoms with Crippen molar-refractivity contribution in [2.45, 2.75) is 32.1 Å². The van der Waals surface area contributed by atoms with Crippen LogP contribution >= 0.6 is 0 Å². The molecule has 5 heteroatoms. The summed E-state index contributed by atoms with van der Waals surface area (Å²) < 4.78 is 0. The molecule has 2 unspecified atom stereocenters. The van der Waals surface area contributed by atoms with E-state index in [0.29, 0.717) is 19.4 Å². The first kappa shape index (κ1) is 15.0. The molecular weight excluding hydrogens is 232 g/mol. The van der Waals surface area contributed by atoms with Gasteiger partial charge in [-0.15, -0.1) is 0 Å². The second-order valence-corrected chi connectivity index (χ2v) is 5.35. The summed E-state index contributed by atoms with van der Waals surface area (Å²) in [5.41, 5.74) is 0. The van der Waals surface area contributed by atoms with Crippen LogP contribution in [0.5, 0.6) is 0 Å². The minimum Gasteiger partial charge on any atom is -0.481 e. The van der Waals surface area contributed by atoms with Crippen LogP contribution in [0.4, 0.5) is 0 Å². The topological polar surface area (TPSA) is 69.6 Å². The Kier molecular flexibility index (Phi) is 6.12. The van der Waals surface area contributed by atoms with E-state index in [9.17, 15) is 9.59 Å². The number of nitrogens with zero attached hydrogens (tertiary/aromatic N) is 1. The van der Waals surface area contributed by atoms with Gasteiger partial charge in [-0.3, -0.25) is 9.59 Å². The summed E-state index contributed by atoms with van der Waals surface area (Å²) in [6.45, 7) is 1.62. The molecule has 0 radical (unpaired) electrons. The summed E-state index contributed by atoms with van der Waals surface area (Å²) in [6, 6.07) is 0. The molecule has 0 aromatic heterocycles. The van der Waals surface area contributed by atoms with Gasteiger partial charge in [0.05, 0.1) is 5.92 Å². The molecule has 0 bridgehead atoms. The van der Waals surface area contributed by atoms with Gasteiger partial charge in [0.15, 0.2) is 0 Å². The highest BCUT2D eigenvalue weighted by Gasteiger charge is 2.30. The summed E-state index contributed by atoms with van der Waals surface area (Å²) in [7, 11) is 4.00. The molecule has 1 aliphatic rings. The average molecular weight is 256 g/mol. The zero-order valence-corrected chi connectivity index (χ0v) is 11.3. The predicted octanol–water partition coefficient (Wildman–Crippen LogP) is 0.945. The van der Waals surface area contributed by atoms with Crippen LogP contribution < -0.4 is 5.32 Å². The molecule has 1 fully saturated rings. The van der Waals surface area contributed by atoms with E-state index in [-0.39, 0.29) is 17.7 Å². The van der Waals surface area contributed by atoms with E-state index in [1.54, 1.807) is 0 Å². The van der Waals surface area contributed by atoms with Crippen molar-refractivity contribution in [1.82, 2.24) is 10.2 Å². The Labute approximate surface area is 109 Å². The van der Waals surface area contributed by atoms with Gasteiger partial charge < -0.3 is 15.3 Å². The number of carbonyl (C=O) groups excluding carboxylic acids is 1. The fraction of sp³-hybridized carbons (Fsp3) is 0.846. The smallest absolute Gasteiger partial charge is 0.306 e. The molecule has 18 heavy (non-hydrogen) atoms. The molecule has 1 rings (SSSR count). The van der Waals surface area contributed by atoms with Crippen LogP contribution in [-0.4, -0.2) is 49.1 Å². The molecule has 0 heterocycles. The van der Waals surface area contributed by atoms with Gasteiger partial charge in [-0.25, -0.2) is 0 Å². The standard InChI is InChI=1S/C13H24N2O3/c1-15(2)8-4-7-14-12(16)10-5-3-6-11(9-10)13(17)18/h10-11H,3-9H2,1-2H3,(H,14,16)(H,17,18). The van der Waals surface area contributed by atoms with Crippen molar-refractivity contribution < 1.29 is 14.7 Å². The lowest BCUT2D eigenvalue weighted by Gasteiger charge is -2.25. The SMILES string of the molecule is CN(C)CCCNC(=O)C1CCCC(C(=O)O)C1. The lowest BCUT2D eigenvalue weighted by atomic mass is 9.81. The fourth-order valence-electron chi connectivity index (χ4n) is 2.40. The highest BCUT2D eigenvalue weighted by Crippen LogP contribution is 2.29. The number of hydrogen-bond donors (Lipinski definition) is 2. The zero-order chi connectivity index (χ0) is 13.5. The molecule has 104 valence electrons. The van der Waals surface area contributed by atoms with Crippen molar-refractivity contribution in [3.05, 3.63) is 0 Å². The third-order valence-electron chi connectivity index (χ3n) is 3.48. The average Bonchev–Trinajstić information content (AvgIpc) is 2.34. The summed E-state index contributed by atoms with van der Waals surface area (Å²) in [5.74, 6) is -1.18. The van der Waals surface area contributed by atoms with E-state index in [1.165, 1.54) is 0 Å².